The molecule has 0 N–H and O–H groups in total. The standard InChI is InChI=1S/C16H14ClF2N3O/c1-10-2-3-11(6-14(10)23-9-15(18)19)7-22-8-12-13(21-22)4-5-20-16(12)17/h2-6,8,15H,7,9H2,1H3. The molecule has 120 valence electrons. The zero-order valence-corrected chi connectivity index (χ0v) is 13.1. The summed E-state index contributed by atoms with van der Waals surface area (Å²) in [6.07, 6.45) is 0.915. The molecule has 0 aliphatic rings. The minimum atomic E-state index is -2.50. The van der Waals surface area contributed by atoms with Crippen molar-refractivity contribution in [1.82, 2.24) is 14.8 Å². The molecule has 0 atom stereocenters. The molecule has 0 saturated carbocycles. The van der Waals surface area contributed by atoms with Crippen molar-refractivity contribution in [3.8, 4) is 5.75 Å². The number of rotatable bonds is 5. The predicted octanol–water partition coefficient (Wildman–Crippen LogP) is 4.09. The van der Waals surface area contributed by atoms with Gasteiger partial charge in [0.05, 0.1) is 17.4 Å². The van der Waals surface area contributed by atoms with Gasteiger partial charge in [-0.2, -0.15) is 5.10 Å². The summed E-state index contributed by atoms with van der Waals surface area (Å²) in [6.45, 7) is 1.69. The highest BCUT2D eigenvalue weighted by molar-refractivity contribution is 6.34. The molecular formula is C16H14ClF2N3O. The van der Waals surface area contributed by atoms with Gasteiger partial charge in [0.15, 0.2) is 0 Å². The van der Waals surface area contributed by atoms with Crippen LogP contribution in [0.4, 0.5) is 8.78 Å². The number of benzene rings is 1. The minimum Gasteiger partial charge on any atom is -0.487 e. The lowest BCUT2D eigenvalue weighted by Crippen LogP contribution is -2.08. The highest BCUT2D eigenvalue weighted by Gasteiger charge is 2.09. The van der Waals surface area contributed by atoms with Crippen LogP contribution in [0.25, 0.3) is 10.9 Å². The van der Waals surface area contributed by atoms with Crippen molar-refractivity contribution in [3.63, 3.8) is 0 Å². The summed E-state index contributed by atoms with van der Waals surface area (Å²) in [6, 6.07) is 7.29. The molecular weight excluding hydrogens is 324 g/mol. The van der Waals surface area contributed by atoms with Gasteiger partial charge in [0, 0.05) is 12.4 Å². The monoisotopic (exact) mass is 337 g/mol. The second kappa shape index (κ2) is 6.50. The zero-order chi connectivity index (χ0) is 16.4. The number of halogens is 3. The largest absolute Gasteiger partial charge is 0.487 e. The molecule has 0 amide bonds. The van der Waals surface area contributed by atoms with E-state index < -0.39 is 13.0 Å². The van der Waals surface area contributed by atoms with E-state index in [-0.39, 0.29) is 0 Å². The maximum atomic E-state index is 12.3. The van der Waals surface area contributed by atoms with Crippen LogP contribution in [0.2, 0.25) is 5.15 Å². The van der Waals surface area contributed by atoms with Gasteiger partial charge in [0.1, 0.15) is 17.5 Å². The second-order valence-corrected chi connectivity index (χ2v) is 5.52. The Morgan fingerprint density at radius 1 is 1.30 bits per heavy atom. The van der Waals surface area contributed by atoms with Crippen LogP contribution in [0.3, 0.4) is 0 Å². The van der Waals surface area contributed by atoms with Crippen LogP contribution >= 0.6 is 11.6 Å². The van der Waals surface area contributed by atoms with Crippen LogP contribution < -0.4 is 4.74 Å². The van der Waals surface area contributed by atoms with Crippen molar-refractivity contribution < 1.29 is 13.5 Å². The fourth-order valence-corrected chi connectivity index (χ4v) is 2.48. The van der Waals surface area contributed by atoms with Crippen molar-refractivity contribution in [1.29, 1.82) is 0 Å². The number of hydrogen-bond donors (Lipinski definition) is 0. The first-order valence-corrected chi connectivity index (χ1v) is 7.39. The number of alkyl halides is 2. The quantitative estimate of drug-likeness (QED) is 0.658. The Hall–Kier alpha value is -2.21. The Bertz CT molecular complexity index is 835. The Kier molecular flexibility index (Phi) is 4.43. The first-order chi connectivity index (χ1) is 11.0. The number of aromatic nitrogens is 3. The van der Waals surface area contributed by atoms with Crippen LogP contribution in [-0.2, 0) is 6.54 Å². The molecule has 0 aliphatic heterocycles. The molecule has 0 aliphatic carbocycles. The minimum absolute atomic E-state index is 0.401. The lowest BCUT2D eigenvalue weighted by molar-refractivity contribution is 0.0815. The summed E-state index contributed by atoms with van der Waals surface area (Å²) >= 11 is 6.03. The normalized spacial score (nSPS) is 11.3. The van der Waals surface area contributed by atoms with E-state index in [1.807, 2.05) is 25.3 Å². The summed E-state index contributed by atoms with van der Waals surface area (Å²) in [5.74, 6) is 0.458. The summed E-state index contributed by atoms with van der Waals surface area (Å²) in [4.78, 5) is 4.02. The van der Waals surface area contributed by atoms with Crippen molar-refractivity contribution in [2.45, 2.75) is 19.9 Å². The Labute approximate surface area is 136 Å². The topological polar surface area (TPSA) is 39.9 Å². The van der Waals surface area contributed by atoms with Gasteiger partial charge < -0.3 is 4.74 Å². The maximum absolute atomic E-state index is 12.3. The summed E-state index contributed by atoms with van der Waals surface area (Å²) in [5, 5.41) is 5.60. The third-order valence-corrected chi connectivity index (χ3v) is 3.70. The van der Waals surface area contributed by atoms with Crippen LogP contribution in [0.1, 0.15) is 11.1 Å². The third kappa shape index (κ3) is 3.59. The molecule has 2 aromatic heterocycles. The first kappa shape index (κ1) is 15.7. The number of fused-ring (bicyclic) bond motifs is 1. The van der Waals surface area contributed by atoms with E-state index in [9.17, 15) is 8.78 Å². The van der Waals surface area contributed by atoms with Gasteiger partial charge in [0.25, 0.3) is 6.43 Å². The van der Waals surface area contributed by atoms with Crippen molar-refractivity contribution in [2.75, 3.05) is 6.61 Å². The number of hydrogen-bond acceptors (Lipinski definition) is 3. The molecule has 3 rings (SSSR count). The Balaban J connectivity index is 1.83. The number of nitrogens with zero attached hydrogens (tertiary/aromatic N) is 3. The molecule has 1 aromatic carbocycles. The fourth-order valence-electron chi connectivity index (χ4n) is 2.28. The summed E-state index contributed by atoms with van der Waals surface area (Å²) in [7, 11) is 0. The van der Waals surface area contributed by atoms with E-state index in [1.165, 1.54) is 0 Å². The van der Waals surface area contributed by atoms with Gasteiger partial charge in [-0.3, -0.25) is 4.68 Å². The van der Waals surface area contributed by atoms with E-state index >= 15 is 0 Å². The predicted molar refractivity (Wildman–Crippen MR) is 84.3 cm³/mol. The maximum Gasteiger partial charge on any atom is 0.272 e. The van der Waals surface area contributed by atoms with Gasteiger partial charge >= 0.3 is 0 Å². The van der Waals surface area contributed by atoms with E-state index in [4.69, 9.17) is 16.3 Å². The van der Waals surface area contributed by atoms with Gasteiger partial charge in [-0.15, -0.1) is 0 Å². The molecule has 2 heterocycles. The summed E-state index contributed by atoms with van der Waals surface area (Å²) < 4.78 is 31.5. The SMILES string of the molecule is Cc1ccc(Cn2cc3c(Cl)nccc3n2)cc1OCC(F)F. The molecule has 3 aromatic rings. The lowest BCUT2D eigenvalue weighted by Gasteiger charge is -2.10. The highest BCUT2D eigenvalue weighted by Crippen LogP contribution is 2.23. The molecule has 0 saturated heterocycles. The first-order valence-electron chi connectivity index (χ1n) is 7.01. The lowest BCUT2D eigenvalue weighted by atomic mass is 10.1. The number of ether oxygens (including phenoxy) is 1. The average Bonchev–Trinajstić information content (AvgIpc) is 2.91. The average molecular weight is 338 g/mol. The van der Waals surface area contributed by atoms with Crippen molar-refractivity contribution >= 4 is 22.5 Å². The second-order valence-electron chi connectivity index (χ2n) is 5.16. The molecule has 4 nitrogen and oxygen atoms in total. The number of pyridine rings is 1. The molecule has 7 heteroatoms. The van der Waals surface area contributed by atoms with Crippen LogP contribution in [-0.4, -0.2) is 27.8 Å². The Morgan fingerprint density at radius 3 is 2.87 bits per heavy atom. The zero-order valence-electron chi connectivity index (χ0n) is 12.3. The summed E-state index contributed by atoms with van der Waals surface area (Å²) in [5.41, 5.74) is 2.47. The fraction of sp³-hybridized carbons (Fsp3) is 0.250. The Morgan fingerprint density at radius 2 is 2.13 bits per heavy atom. The molecule has 0 spiro atoms. The van der Waals surface area contributed by atoms with Crippen molar-refractivity contribution in [3.05, 3.63) is 52.9 Å². The van der Waals surface area contributed by atoms with Crippen molar-refractivity contribution in [2.24, 2.45) is 0 Å². The van der Waals surface area contributed by atoms with Gasteiger partial charge in [-0.25, -0.2) is 13.8 Å². The van der Waals surface area contributed by atoms with Crippen LogP contribution in [0.15, 0.2) is 36.7 Å². The molecule has 0 fully saturated rings. The van der Waals surface area contributed by atoms with Gasteiger partial charge in [-0.05, 0) is 30.2 Å². The van der Waals surface area contributed by atoms with E-state index in [0.29, 0.717) is 17.4 Å². The smallest absolute Gasteiger partial charge is 0.272 e. The molecule has 0 unspecified atom stereocenters. The van der Waals surface area contributed by atoms with E-state index in [1.54, 1.807) is 23.0 Å². The van der Waals surface area contributed by atoms with E-state index in [2.05, 4.69) is 10.1 Å². The van der Waals surface area contributed by atoms with Crippen LogP contribution in [0, 0.1) is 6.92 Å². The molecule has 0 bridgehead atoms. The van der Waals surface area contributed by atoms with Crippen LogP contribution in [0.5, 0.6) is 5.75 Å². The highest BCUT2D eigenvalue weighted by atomic mass is 35.5. The molecule has 23 heavy (non-hydrogen) atoms. The third-order valence-electron chi connectivity index (χ3n) is 3.39. The number of aryl methyl sites for hydroxylation is 1. The van der Waals surface area contributed by atoms with Gasteiger partial charge in [0.2, 0.25) is 0 Å². The van der Waals surface area contributed by atoms with E-state index in [0.717, 1.165) is 22.0 Å². The molecule has 0 radical (unpaired) electrons. The van der Waals surface area contributed by atoms with Gasteiger partial charge in [-0.1, -0.05) is 23.7 Å².